The van der Waals surface area contributed by atoms with Gasteiger partial charge in [-0.25, -0.2) is 0 Å². The molecule has 0 radical (unpaired) electrons. The normalized spacial score (nSPS) is 12.6. The van der Waals surface area contributed by atoms with Gasteiger partial charge in [0.1, 0.15) is 0 Å². The fraction of sp³-hybridized carbons (Fsp3) is 0.571. The second-order valence-corrected chi connectivity index (χ2v) is 5.44. The number of ether oxygens (including phenoxy) is 1. The highest BCUT2D eigenvalue weighted by molar-refractivity contribution is 14.1. The van der Waals surface area contributed by atoms with Crippen LogP contribution in [0.1, 0.15) is 37.8 Å². The third-order valence-corrected chi connectivity index (χ3v) is 3.40. The Hall–Kier alpha value is -0.130. The van der Waals surface area contributed by atoms with E-state index in [1.54, 1.807) is 7.11 Å². The molecular formula is C14H22INO. The van der Waals surface area contributed by atoms with E-state index in [0.29, 0.717) is 6.04 Å². The van der Waals surface area contributed by atoms with E-state index >= 15 is 0 Å². The van der Waals surface area contributed by atoms with Crippen molar-refractivity contribution in [1.82, 2.24) is 5.32 Å². The van der Waals surface area contributed by atoms with Crippen LogP contribution >= 0.6 is 22.6 Å². The molecule has 0 spiro atoms. The molecule has 1 rings (SSSR count). The molecule has 96 valence electrons. The Bertz CT molecular complexity index is 317. The Kier molecular flexibility index (Phi) is 7.81. The third-order valence-electron chi connectivity index (χ3n) is 2.73. The van der Waals surface area contributed by atoms with E-state index in [2.05, 4.69) is 59.1 Å². The maximum atomic E-state index is 5.13. The molecule has 1 aromatic rings. The van der Waals surface area contributed by atoms with E-state index < -0.39 is 0 Å². The molecule has 1 aromatic carbocycles. The van der Waals surface area contributed by atoms with Gasteiger partial charge in [-0.1, -0.05) is 19.1 Å². The molecule has 1 N–H and O–H groups in total. The lowest BCUT2D eigenvalue weighted by atomic mass is 10.0. The fourth-order valence-corrected chi connectivity index (χ4v) is 2.43. The van der Waals surface area contributed by atoms with Crippen molar-refractivity contribution in [3.63, 3.8) is 0 Å². The highest BCUT2D eigenvalue weighted by atomic mass is 127. The minimum Gasteiger partial charge on any atom is -0.385 e. The Morgan fingerprint density at radius 1 is 1.41 bits per heavy atom. The Labute approximate surface area is 118 Å². The predicted molar refractivity (Wildman–Crippen MR) is 81.3 cm³/mol. The summed E-state index contributed by atoms with van der Waals surface area (Å²) in [6.07, 6.45) is 3.40. The van der Waals surface area contributed by atoms with Gasteiger partial charge in [0.15, 0.2) is 0 Å². The molecule has 0 aliphatic rings. The van der Waals surface area contributed by atoms with Crippen molar-refractivity contribution in [2.45, 2.75) is 32.2 Å². The van der Waals surface area contributed by atoms with Crippen molar-refractivity contribution < 1.29 is 4.74 Å². The number of methoxy groups -OCH3 is 1. The van der Waals surface area contributed by atoms with E-state index in [0.717, 1.165) is 26.0 Å². The number of rotatable bonds is 8. The Balaban J connectivity index is 2.60. The zero-order valence-corrected chi connectivity index (χ0v) is 12.9. The Morgan fingerprint density at radius 2 is 2.24 bits per heavy atom. The summed E-state index contributed by atoms with van der Waals surface area (Å²) in [4.78, 5) is 0. The van der Waals surface area contributed by atoms with Crippen LogP contribution in [-0.2, 0) is 4.74 Å². The number of halogens is 1. The molecule has 0 amide bonds. The van der Waals surface area contributed by atoms with Crippen molar-refractivity contribution in [1.29, 1.82) is 0 Å². The van der Waals surface area contributed by atoms with E-state index in [4.69, 9.17) is 4.74 Å². The average molecular weight is 347 g/mol. The van der Waals surface area contributed by atoms with Crippen LogP contribution in [0.5, 0.6) is 0 Å². The van der Waals surface area contributed by atoms with Crippen LogP contribution in [-0.4, -0.2) is 20.3 Å². The molecule has 0 aliphatic carbocycles. The van der Waals surface area contributed by atoms with Crippen LogP contribution < -0.4 is 5.32 Å². The van der Waals surface area contributed by atoms with Gasteiger partial charge in [-0.05, 0) is 66.1 Å². The largest absolute Gasteiger partial charge is 0.385 e. The first kappa shape index (κ1) is 14.9. The lowest BCUT2D eigenvalue weighted by Crippen LogP contribution is -2.22. The fourth-order valence-electron chi connectivity index (χ4n) is 1.86. The maximum Gasteiger partial charge on any atom is 0.0462 e. The summed E-state index contributed by atoms with van der Waals surface area (Å²) in [6.45, 7) is 4.12. The van der Waals surface area contributed by atoms with Crippen LogP contribution in [0.3, 0.4) is 0 Å². The van der Waals surface area contributed by atoms with Crippen LogP contribution in [0.25, 0.3) is 0 Å². The van der Waals surface area contributed by atoms with Crippen LogP contribution in [0.15, 0.2) is 24.3 Å². The lowest BCUT2D eigenvalue weighted by molar-refractivity contribution is 0.188. The molecular weight excluding hydrogens is 325 g/mol. The summed E-state index contributed by atoms with van der Waals surface area (Å²) < 4.78 is 6.43. The first-order chi connectivity index (χ1) is 8.27. The molecule has 2 nitrogen and oxygen atoms in total. The van der Waals surface area contributed by atoms with Gasteiger partial charge in [-0.15, -0.1) is 0 Å². The minimum atomic E-state index is 0.458. The van der Waals surface area contributed by atoms with Gasteiger partial charge < -0.3 is 10.1 Å². The van der Waals surface area contributed by atoms with Gasteiger partial charge in [-0.2, -0.15) is 0 Å². The summed E-state index contributed by atoms with van der Waals surface area (Å²) in [7, 11) is 1.76. The lowest BCUT2D eigenvalue weighted by Gasteiger charge is -2.19. The van der Waals surface area contributed by atoms with Gasteiger partial charge in [0.05, 0.1) is 0 Å². The van der Waals surface area contributed by atoms with Gasteiger partial charge in [0.2, 0.25) is 0 Å². The summed E-state index contributed by atoms with van der Waals surface area (Å²) in [5.41, 5.74) is 1.39. The standard InChI is InChI=1S/C14H22INO/c1-3-9-16-14(8-5-10-17-2)12-6-4-7-13(15)11-12/h4,6-7,11,14,16H,3,5,8-10H2,1-2H3. The van der Waals surface area contributed by atoms with Gasteiger partial charge in [0, 0.05) is 23.3 Å². The molecule has 0 saturated heterocycles. The van der Waals surface area contributed by atoms with Gasteiger partial charge in [-0.3, -0.25) is 0 Å². The zero-order chi connectivity index (χ0) is 12.5. The van der Waals surface area contributed by atoms with Crippen molar-refractivity contribution in [3.8, 4) is 0 Å². The van der Waals surface area contributed by atoms with Crippen molar-refractivity contribution in [3.05, 3.63) is 33.4 Å². The van der Waals surface area contributed by atoms with E-state index in [1.165, 1.54) is 15.6 Å². The third kappa shape index (κ3) is 5.84. The maximum absolute atomic E-state index is 5.13. The molecule has 0 aliphatic heterocycles. The molecule has 0 aromatic heterocycles. The quantitative estimate of drug-likeness (QED) is 0.571. The highest BCUT2D eigenvalue weighted by Crippen LogP contribution is 2.20. The summed E-state index contributed by atoms with van der Waals surface area (Å²) in [6, 6.07) is 9.20. The zero-order valence-electron chi connectivity index (χ0n) is 10.7. The predicted octanol–water partition coefficient (Wildman–Crippen LogP) is 3.76. The number of benzene rings is 1. The molecule has 0 heterocycles. The van der Waals surface area contributed by atoms with Gasteiger partial charge >= 0.3 is 0 Å². The molecule has 1 unspecified atom stereocenters. The smallest absolute Gasteiger partial charge is 0.0462 e. The van der Waals surface area contributed by atoms with E-state index in [9.17, 15) is 0 Å². The van der Waals surface area contributed by atoms with Crippen molar-refractivity contribution in [2.75, 3.05) is 20.3 Å². The summed E-state index contributed by atoms with van der Waals surface area (Å²) >= 11 is 2.37. The van der Waals surface area contributed by atoms with Crippen molar-refractivity contribution in [2.24, 2.45) is 0 Å². The van der Waals surface area contributed by atoms with Gasteiger partial charge in [0.25, 0.3) is 0 Å². The number of hydrogen-bond acceptors (Lipinski definition) is 2. The molecule has 3 heteroatoms. The molecule has 0 fully saturated rings. The molecule has 0 bridgehead atoms. The van der Waals surface area contributed by atoms with Crippen LogP contribution in [0.2, 0.25) is 0 Å². The molecule has 0 saturated carbocycles. The number of hydrogen-bond donors (Lipinski definition) is 1. The molecule has 1 atom stereocenters. The first-order valence-electron chi connectivity index (χ1n) is 6.25. The minimum absolute atomic E-state index is 0.458. The van der Waals surface area contributed by atoms with E-state index in [1.807, 2.05) is 0 Å². The van der Waals surface area contributed by atoms with E-state index in [-0.39, 0.29) is 0 Å². The first-order valence-corrected chi connectivity index (χ1v) is 7.33. The van der Waals surface area contributed by atoms with Crippen LogP contribution in [0.4, 0.5) is 0 Å². The second-order valence-electron chi connectivity index (χ2n) is 4.20. The summed E-state index contributed by atoms with van der Waals surface area (Å²) in [5.74, 6) is 0. The number of nitrogens with one attached hydrogen (secondary N) is 1. The molecule has 17 heavy (non-hydrogen) atoms. The average Bonchev–Trinajstić information content (AvgIpc) is 2.33. The van der Waals surface area contributed by atoms with Crippen molar-refractivity contribution >= 4 is 22.6 Å². The SMILES string of the molecule is CCCNC(CCCOC)c1cccc(I)c1. The second kappa shape index (κ2) is 8.89. The highest BCUT2D eigenvalue weighted by Gasteiger charge is 2.10. The topological polar surface area (TPSA) is 21.3 Å². The Morgan fingerprint density at radius 3 is 2.88 bits per heavy atom. The summed E-state index contributed by atoms with van der Waals surface area (Å²) in [5, 5.41) is 3.61. The monoisotopic (exact) mass is 347 g/mol. The van der Waals surface area contributed by atoms with Crippen LogP contribution in [0, 0.1) is 3.57 Å².